The summed E-state index contributed by atoms with van der Waals surface area (Å²) >= 11 is 1.82. The number of nitrogens with zero attached hydrogens (tertiary/aromatic N) is 2. The molecule has 0 fully saturated rings. The molecule has 0 bridgehead atoms. The van der Waals surface area contributed by atoms with Crippen LogP contribution in [-0.2, 0) is 19.4 Å². The van der Waals surface area contributed by atoms with Crippen molar-refractivity contribution in [3.8, 4) is 11.8 Å². The molecule has 1 aromatic carbocycles. The van der Waals surface area contributed by atoms with Crippen molar-refractivity contribution in [1.29, 1.82) is 5.26 Å². The van der Waals surface area contributed by atoms with Gasteiger partial charge in [0.05, 0.1) is 12.5 Å². The van der Waals surface area contributed by atoms with Crippen molar-refractivity contribution in [2.45, 2.75) is 25.5 Å². The first kappa shape index (κ1) is 16.0. The number of hydrogen-bond donors (Lipinski definition) is 1. The lowest BCUT2D eigenvalue weighted by molar-refractivity contribution is 0.0640. The molecule has 0 saturated carbocycles. The van der Waals surface area contributed by atoms with Crippen LogP contribution < -0.4 is 4.74 Å². The Morgan fingerprint density at radius 3 is 2.91 bits per heavy atom. The third kappa shape index (κ3) is 4.32. The average Bonchev–Trinajstić information content (AvgIpc) is 3.02. The van der Waals surface area contributed by atoms with Crippen LogP contribution in [0, 0.1) is 11.3 Å². The van der Waals surface area contributed by atoms with Gasteiger partial charge < -0.3 is 9.84 Å². The Bertz CT molecular complexity index is 675. The van der Waals surface area contributed by atoms with Crippen LogP contribution in [0.25, 0.3) is 0 Å². The van der Waals surface area contributed by atoms with E-state index in [-0.39, 0.29) is 6.61 Å². The highest BCUT2D eigenvalue weighted by Gasteiger charge is 2.19. The first-order valence-electron chi connectivity index (χ1n) is 7.79. The maximum Gasteiger partial charge on any atom is 0.119 e. The van der Waals surface area contributed by atoms with Crippen molar-refractivity contribution in [3.63, 3.8) is 0 Å². The largest absolute Gasteiger partial charge is 0.491 e. The van der Waals surface area contributed by atoms with Crippen LogP contribution in [0.15, 0.2) is 35.7 Å². The molecule has 0 aliphatic carbocycles. The van der Waals surface area contributed by atoms with Gasteiger partial charge in [0.25, 0.3) is 0 Å². The lowest BCUT2D eigenvalue weighted by Gasteiger charge is -2.28. The summed E-state index contributed by atoms with van der Waals surface area (Å²) < 4.78 is 5.64. The van der Waals surface area contributed by atoms with E-state index in [1.54, 1.807) is 0 Å². The first-order chi connectivity index (χ1) is 11.2. The predicted octanol–water partition coefficient (Wildman–Crippen LogP) is 2.61. The molecule has 120 valence electrons. The van der Waals surface area contributed by atoms with E-state index in [1.807, 2.05) is 35.6 Å². The van der Waals surface area contributed by atoms with E-state index >= 15 is 0 Å². The van der Waals surface area contributed by atoms with Gasteiger partial charge in [-0.1, -0.05) is 12.1 Å². The topological polar surface area (TPSA) is 56.5 Å². The summed E-state index contributed by atoms with van der Waals surface area (Å²) in [7, 11) is 0. The smallest absolute Gasteiger partial charge is 0.119 e. The quantitative estimate of drug-likeness (QED) is 0.885. The van der Waals surface area contributed by atoms with Gasteiger partial charge in [-0.25, -0.2) is 0 Å². The zero-order chi connectivity index (χ0) is 16.1. The highest BCUT2D eigenvalue weighted by molar-refractivity contribution is 7.10. The lowest BCUT2D eigenvalue weighted by Crippen LogP contribution is -2.38. The molecule has 1 N–H and O–H groups in total. The minimum absolute atomic E-state index is 0.282. The molecule has 1 aromatic heterocycles. The van der Waals surface area contributed by atoms with Crippen LogP contribution in [0.1, 0.15) is 16.0 Å². The van der Waals surface area contributed by atoms with Gasteiger partial charge >= 0.3 is 0 Å². The molecule has 5 heteroatoms. The van der Waals surface area contributed by atoms with Gasteiger partial charge in [0.1, 0.15) is 18.5 Å². The summed E-state index contributed by atoms with van der Waals surface area (Å²) in [6.07, 6.45) is 0.970. The zero-order valence-corrected chi connectivity index (χ0v) is 13.8. The second-order valence-corrected chi connectivity index (χ2v) is 6.80. The molecule has 4 nitrogen and oxygen atoms in total. The number of aliphatic hydroxyl groups is 1. The molecule has 2 aromatic rings. The number of nitriles is 1. The minimum atomic E-state index is -0.506. The molecule has 2 heterocycles. The van der Waals surface area contributed by atoms with Crippen molar-refractivity contribution in [3.05, 3.63) is 51.7 Å². The number of fused-ring (bicyclic) bond motifs is 1. The SMILES string of the molecule is N#CCc1ccc(OCC(O)CN2CCc3sccc3C2)cc1. The van der Waals surface area contributed by atoms with Crippen LogP contribution in [0.4, 0.5) is 0 Å². The Morgan fingerprint density at radius 1 is 1.30 bits per heavy atom. The summed E-state index contributed by atoms with van der Waals surface area (Å²) in [5, 5.41) is 21.0. The molecule has 0 saturated heterocycles. The molecule has 1 unspecified atom stereocenters. The van der Waals surface area contributed by atoms with Crippen LogP contribution >= 0.6 is 11.3 Å². The summed E-state index contributed by atoms with van der Waals surface area (Å²) in [6.45, 7) is 2.82. The third-order valence-corrected chi connectivity index (χ3v) is 5.03. The fraction of sp³-hybridized carbons (Fsp3) is 0.389. The summed E-state index contributed by atoms with van der Waals surface area (Å²) in [4.78, 5) is 3.75. The number of hydrogen-bond acceptors (Lipinski definition) is 5. The summed E-state index contributed by atoms with van der Waals surface area (Å²) in [5.41, 5.74) is 2.36. The standard InChI is InChI=1S/C18H20N2O2S/c19-8-5-14-1-3-17(4-2-14)22-13-16(21)12-20-9-6-18-15(11-20)7-10-23-18/h1-4,7,10,16,21H,5-6,9,11-13H2. The maximum absolute atomic E-state index is 10.2. The molecule has 1 atom stereocenters. The second-order valence-electron chi connectivity index (χ2n) is 5.80. The Morgan fingerprint density at radius 2 is 2.13 bits per heavy atom. The van der Waals surface area contributed by atoms with Crippen molar-refractivity contribution >= 4 is 11.3 Å². The first-order valence-corrected chi connectivity index (χ1v) is 8.67. The molecule has 3 rings (SSSR count). The van der Waals surface area contributed by atoms with Crippen LogP contribution in [-0.4, -0.2) is 35.8 Å². The Hall–Kier alpha value is -1.87. The monoisotopic (exact) mass is 328 g/mol. The summed E-state index contributed by atoms with van der Waals surface area (Å²) in [6, 6.07) is 11.8. The van der Waals surface area contributed by atoms with Gasteiger partial charge in [0.15, 0.2) is 0 Å². The number of thiophene rings is 1. The Balaban J connectivity index is 1.45. The molecule has 0 radical (unpaired) electrons. The molecule has 1 aliphatic heterocycles. The van der Waals surface area contributed by atoms with Gasteiger partial charge in [-0.2, -0.15) is 5.26 Å². The molecule has 23 heavy (non-hydrogen) atoms. The van der Waals surface area contributed by atoms with Crippen molar-refractivity contribution in [1.82, 2.24) is 4.90 Å². The Labute approximate surface area is 140 Å². The van der Waals surface area contributed by atoms with E-state index in [2.05, 4.69) is 22.4 Å². The number of benzene rings is 1. The molecule has 0 spiro atoms. The van der Waals surface area contributed by atoms with Crippen molar-refractivity contribution in [2.75, 3.05) is 19.7 Å². The van der Waals surface area contributed by atoms with Crippen LogP contribution in [0.2, 0.25) is 0 Å². The van der Waals surface area contributed by atoms with Gasteiger partial charge in [-0.05, 0) is 41.1 Å². The highest BCUT2D eigenvalue weighted by Crippen LogP contribution is 2.24. The van der Waals surface area contributed by atoms with E-state index in [4.69, 9.17) is 10.00 Å². The second kappa shape index (κ2) is 7.60. The van der Waals surface area contributed by atoms with Crippen LogP contribution in [0.5, 0.6) is 5.75 Å². The molecule has 1 aliphatic rings. The number of aliphatic hydroxyl groups excluding tert-OH is 1. The molecule has 0 amide bonds. The maximum atomic E-state index is 10.2. The fourth-order valence-corrected chi connectivity index (χ4v) is 3.69. The normalized spacial score (nSPS) is 15.7. The van der Waals surface area contributed by atoms with E-state index in [9.17, 15) is 5.11 Å². The summed E-state index contributed by atoms with van der Waals surface area (Å²) in [5.74, 6) is 0.726. The van der Waals surface area contributed by atoms with Gasteiger partial charge in [0, 0.05) is 24.5 Å². The van der Waals surface area contributed by atoms with E-state index in [0.29, 0.717) is 13.0 Å². The molecular formula is C18H20N2O2S. The number of β-amino-alcohol motifs (C(OH)–C–C–N with tert-alkyl or cyclic N) is 1. The highest BCUT2D eigenvalue weighted by atomic mass is 32.1. The van der Waals surface area contributed by atoms with Crippen molar-refractivity contribution in [2.24, 2.45) is 0 Å². The van der Waals surface area contributed by atoms with E-state index in [1.165, 1.54) is 10.4 Å². The fourth-order valence-electron chi connectivity index (χ4n) is 2.80. The van der Waals surface area contributed by atoms with Gasteiger partial charge in [-0.15, -0.1) is 11.3 Å². The van der Waals surface area contributed by atoms with Crippen LogP contribution in [0.3, 0.4) is 0 Å². The number of rotatable bonds is 6. The Kier molecular flexibility index (Phi) is 5.29. The predicted molar refractivity (Wildman–Crippen MR) is 90.6 cm³/mol. The molecular weight excluding hydrogens is 308 g/mol. The van der Waals surface area contributed by atoms with Gasteiger partial charge in [0.2, 0.25) is 0 Å². The third-order valence-electron chi connectivity index (χ3n) is 4.00. The number of ether oxygens (including phenoxy) is 1. The van der Waals surface area contributed by atoms with E-state index in [0.717, 1.165) is 30.8 Å². The van der Waals surface area contributed by atoms with Crippen molar-refractivity contribution < 1.29 is 9.84 Å². The van der Waals surface area contributed by atoms with Gasteiger partial charge in [-0.3, -0.25) is 4.90 Å². The zero-order valence-electron chi connectivity index (χ0n) is 12.9. The minimum Gasteiger partial charge on any atom is -0.491 e. The average molecular weight is 328 g/mol. The lowest BCUT2D eigenvalue weighted by atomic mass is 10.1. The van der Waals surface area contributed by atoms with E-state index < -0.39 is 6.10 Å².